The average Bonchev–Trinajstić information content (AvgIpc) is 2.83. The number of benzene rings is 1. The third-order valence-corrected chi connectivity index (χ3v) is 4.92. The SMILES string of the molecule is CCC1(CC)CSC(Nc2cc(Cl)ccc2OC)=N1. The van der Waals surface area contributed by atoms with Crippen LogP contribution in [0.4, 0.5) is 5.69 Å². The van der Waals surface area contributed by atoms with Crippen molar-refractivity contribution in [3.05, 3.63) is 23.2 Å². The van der Waals surface area contributed by atoms with Gasteiger partial charge in [-0.3, -0.25) is 4.99 Å². The zero-order valence-corrected chi connectivity index (χ0v) is 13.1. The molecule has 1 aliphatic heterocycles. The van der Waals surface area contributed by atoms with E-state index in [9.17, 15) is 0 Å². The van der Waals surface area contributed by atoms with Crippen molar-refractivity contribution in [1.29, 1.82) is 0 Å². The molecule has 0 amide bonds. The van der Waals surface area contributed by atoms with Gasteiger partial charge in [-0.1, -0.05) is 37.2 Å². The van der Waals surface area contributed by atoms with E-state index in [1.165, 1.54) is 0 Å². The Bertz CT molecular complexity index is 486. The average molecular weight is 299 g/mol. The summed E-state index contributed by atoms with van der Waals surface area (Å²) in [5.41, 5.74) is 0.947. The number of hydrogen-bond donors (Lipinski definition) is 1. The second-order valence-corrected chi connectivity index (χ2v) is 6.01. The number of ether oxygens (including phenoxy) is 1. The molecule has 0 saturated heterocycles. The minimum Gasteiger partial charge on any atom is -0.495 e. The van der Waals surface area contributed by atoms with E-state index < -0.39 is 0 Å². The molecule has 0 fully saturated rings. The lowest BCUT2D eigenvalue weighted by molar-refractivity contribution is 0.417. The maximum absolute atomic E-state index is 6.03. The second kappa shape index (κ2) is 6.06. The second-order valence-electron chi connectivity index (χ2n) is 4.61. The molecule has 0 unspecified atom stereocenters. The maximum atomic E-state index is 6.03. The quantitative estimate of drug-likeness (QED) is 0.893. The van der Waals surface area contributed by atoms with Crippen LogP contribution < -0.4 is 10.1 Å². The summed E-state index contributed by atoms with van der Waals surface area (Å²) in [7, 11) is 1.65. The van der Waals surface area contributed by atoms with Crippen molar-refractivity contribution in [2.75, 3.05) is 18.2 Å². The van der Waals surface area contributed by atoms with Crippen molar-refractivity contribution >= 4 is 34.2 Å². The largest absolute Gasteiger partial charge is 0.495 e. The van der Waals surface area contributed by atoms with Gasteiger partial charge in [0.2, 0.25) is 0 Å². The molecule has 1 heterocycles. The molecule has 5 heteroatoms. The first-order valence-corrected chi connectivity index (χ1v) is 7.82. The van der Waals surface area contributed by atoms with Crippen LogP contribution in [0.15, 0.2) is 23.2 Å². The van der Waals surface area contributed by atoms with Gasteiger partial charge in [-0.15, -0.1) is 0 Å². The Kier molecular flexibility index (Phi) is 4.63. The zero-order chi connectivity index (χ0) is 13.9. The summed E-state index contributed by atoms with van der Waals surface area (Å²) in [5.74, 6) is 1.81. The van der Waals surface area contributed by atoms with E-state index in [2.05, 4.69) is 19.2 Å². The minimum absolute atomic E-state index is 0.0822. The summed E-state index contributed by atoms with van der Waals surface area (Å²) in [6.07, 6.45) is 2.13. The van der Waals surface area contributed by atoms with Gasteiger partial charge >= 0.3 is 0 Å². The first-order valence-electron chi connectivity index (χ1n) is 6.45. The van der Waals surface area contributed by atoms with Crippen LogP contribution in [-0.4, -0.2) is 23.6 Å². The monoisotopic (exact) mass is 298 g/mol. The van der Waals surface area contributed by atoms with Gasteiger partial charge in [0.25, 0.3) is 0 Å². The van der Waals surface area contributed by atoms with Crippen molar-refractivity contribution in [3.8, 4) is 5.75 Å². The van der Waals surface area contributed by atoms with Gasteiger partial charge in [0.1, 0.15) is 5.75 Å². The van der Waals surface area contributed by atoms with Crippen LogP contribution in [0, 0.1) is 0 Å². The predicted octanol–water partition coefficient (Wildman–Crippen LogP) is 4.42. The predicted molar refractivity (Wildman–Crippen MR) is 84.8 cm³/mol. The van der Waals surface area contributed by atoms with Gasteiger partial charge in [-0.05, 0) is 31.0 Å². The number of amidine groups is 1. The third kappa shape index (κ3) is 3.18. The van der Waals surface area contributed by atoms with E-state index in [0.29, 0.717) is 5.02 Å². The summed E-state index contributed by atoms with van der Waals surface area (Å²) in [4.78, 5) is 4.83. The van der Waals surface area contributed by atoms with E-state index in [1.807, 2.05) is 18.2 Å². The Morgan fingerprint density at radius 2 is 2.16 bits per heavy atom. The number of aliphatic imine (C=N–C) groups is 1. The molecule has 0 radical (unpaired) electrons. The van der Waals surface area contributed by atoms with Gasteiger partial charge in [-0.2, -0.15) is 0 Å². The number of rotatable bonds is 4. The number of nitrogens with zero attached hydrogens (tertiary/aromatic N) is 1. The molecule has 0 aromatic heterocycles. The maximum Gasteiger partial charge on any atom is 0.161 e. The molecule has 0 saturated carbocycles. The van der Waals surface area contributed by atoms with Gasteiger partial charge in [-0.25, -0.2) is 0 Å². The molecule has 0 bridgehead atoms. The molecule has 1 aliphatic rings. The Labute approximate surface area is 123 Å². The number of hydrogen-bond acceptors (Lipinski definition) is 4. The normalized spacial score (nSPS) is 17.2. The molecule has 0 spiro atoms. The number of nitrogens with one attached hydrogen (secondary N) is 1. The van der Waals surface area contributed by atoms with Crippen molar-refractivity contribution in [1.82, 2.24) is 0 Å². The minimum atomic E-state index is 0.0822. The van der Waals surface area contributed by atoms with Crippen LogP contribution >= 0.6 is 23.4 Å². The van der Waals surface area contributed by atoms with Crippen LogP contribution in [0.25, 0.3) is 0 Å². The van der Waals surface area contributed by atoms with Gasteiger partial charge in [0.05, 0.1) is 18.3 Å². The fourth-order valence-electron chi connectivity index (χ4n) is 2.05. The number of anilines is 1. The summed E-state index contributed by atoms with van der Waals surface area (Å²) in [6, 6.07) is 5.54. The van der Waals surface area contributed by atoms with E-state index in [4.69, 9.17) is 21.3 Å². The number of methoxy groups -OCH3 is 1. The van der Waals surface area contributed by atoms with Crippen molar-refractivity contribution in [3.63, 3.8) is 0 Å². The molecule has 1 aromatic carbocycles. The molecule has 1 aromatic rings. The van der Waals surface area contributed by atoms with E-state index in [1.54, 1.807) is 18.9 Å². The van der Waals surface area contributed by atoms with Crippen molar-refractivity contribution < 1.29 is 4.74 Å². The third-order valence-electron chi connectivity index (χ3n) is 3.54. The summed E-state index contributed by atoms with van der Waals surface area (Å²) >= 11 is 7.79. The first kappa shape index (κ1) is 14.5. The Hall–Kier alpha value is -0.870. The molecular formula is C14H19ClN2OS. The molecule has 104 valence electrons. The van der Waals surface area contributed by atoms with Gasteiger partial charge in [0.15, 0.2) is 5.17 Å². The van der Waals surface area contributed by atoms with Crippen LogP contribution in [0.5, 0.6) is 5.75 Å². The number of halogens is 1. The Morgan fingerprint density at radius 3 is 2.74 bits per heavy atom. The lowest BCUT2D eigenvalue weighted by atomic mass is 9.97. The van der Waals surface area contributed by atoms with Gasteiger partial charge < -0.3 is 10.1 Å². The molecule has 0 aliphatic carbocycles. The smallest absolute Gasteiger partial charge is 0.161 e. The van der Waals surface area contributed by atoms with Crippen LogP contribution in [-0.2, 0) is 0 Å². The topological polar surface area (TPSA) is 33.6 Å². The lowest BCUT2D eigenvalue weighted by Gasteiger charge is -2.20. The van der Waals surface area contributed by atoms with Crippen LogP contribution in [0.1, 0.15) is 26.7 Å². The zero-order valence-electron chi connectivity index (χ0n) is 11.5. The summed E-state index contributed by atoms with van der Waals surface area (Å²) < 4.78 is 5.33. The highest BCUT2D eigenvalue weighted by Gasteiger charge is 2.32. The van der Waals surface area contributed by atoms with E-state index in [-0.39, 0.29) is 5.54 Å². The lowest BCUT2D eigenvalue weighted by Crippen LogP contribution is -2.24. The summed E-state index contributed by atoms with van der Waals surface area (Å²) in [6.45, 7) is 4.38. The van der Waals surface area contributed by atoms with E-state index >= 15 is 0 Å². The number of thioether (sulfide) groups is 1. The Balaban J connectivity index is 2.20. The highest BCUT2D eigenvalue weighted by molar-refractivity contribution is 8.14. The fourth-order valence-corrected chi connectivity index (χ4v) is 3.54. The molecule has 2 rings (SSSR count). The highest BCUT2D eigenvalue weighted by atomic mass is 35.5. The Morgan fingerprint density at radius 1 is 1.42 bits per heavy atom. The van der Waals surface area contributed by atoms with Crippen LogP contribution in [0.2, 0.25) is 5.02 Å². The summed E-state index contributed by atoms with van der Waals surface area (Å²) in [5, 5.41) is 4.96. The molecule has 3 nitrogen and oxygen atoms in total. The van der Waals surface area contributed by atoms with Crippen LogP contribution in [0.3, 0.4) is 0 Å². The van der Waals surface area contributed by atoms with E-state index in [0.717, 1.165) is 35.2 Å². The standard InChI is InChI=1S/C14H19ClN2OS/c1-4-14(5-2)9-19-13(17-14)16-11-8-10(15)6-7-12(11)18-3/h6-8H,4-5,9H2,1-3H3,(H,16,17). The molecular weight excluding hydrogens is 280 g/mol. The molecule has 19 heavy (non-hydrogen) atoms. The molecule has 1 N–H and O–H groups in total. The highest BCUT2D eigenvalue weighted by Crippen LogP contribution is 2.35. The molecule has 0 atom stereocenters. The fraction of sp³-hybridized carbons (Fsp3) is 0.500. The van der Waals surface area contributed by atoms with Crippen molar-refractivity contribution in [2.24, 2.45) is 4.99 Å². The van der Waals surface area contributed by atoms with Crippen molar-refractivity contribution in [2.45, 2.75) is 32.2 Å². The first-order chi connectivity index (χ1) is 9.12. The van der Waals surface area contributed by atoms with Gasteiger partial charge in [0, 0.05) is 10.8 Å².